The van der Waals surface area contributed by atoms with Crippen LogP contribution in [-0.4, -0.2) is 17.8 Å². The largest absolute Gasteiger partial charge is 0.494 e. The van der Waals surface area contributed by atoms with Crippen LogP contribution in [0.3, 0.4) is 0 Å². The Balaban J connectivity index is 1.90. The van der Waals surface area contributed by atoms with E-state index in [9.17, 15) is 0 Å². The Bertz CT molecular complexity index is 540. The maximum Gasteiger partial charge on any atom is 0.146 e. The highest BCUT2D eigenvalue weighted by atomic mass is 16.5. The lowest BCUT2D eigenvalue weighted by Gasteiger charge is -2.05. The Kier molecular flexibility index (Phi) is 5.58. The Morgan fingerprint density at radius 2 is 2.20 bits per heavy atom. The van der Waals surface area contributed by atoms with E-state index in [2.05, 4.69) is 22.4 Å². The summed E-state index contributed by atoms with van der Waals surface area (Å²) in [5, 5.41) is 4.16. The number of ether oxygens (including phenoxy) is 1. The van der Waals surface area contributed by atoms with E-state index in [0.29, 0.717) is 0 Å². The first-order valence-electron chi connectivity index (χ1n) is 6.81. The van der Waals surface area contributed by atoms with Crippen LogP contribution in [0.5, 0.6) is 5.75 Å². The van der Waals surface area contributed by atoms with E-state index >= 15 is 0 Å². The highest BCUT2D eigenvalue weighted by molar-refractivity contribution is 5.80. The molecule has 1 aromatic carbocycles. The van der Waals surface area contributed by atoms with E-state index in [4.69, 9.17) is 4.74 Å². The van der Waals surface area contributed by atoms with E-state index in [-0.39, 0.29) is 0 Å². The molecular weight excluding hydrogens is 250 g/mol. The molecule has 0 amide bonds. The normalized spacial score (nSPS) is 10.7. The van der Waals surface area contributed by atoms with Crippen molar-refractivity contribution in [1.29, 1.82) is 0 Å². The molecule has 1 heterocycles. The van der Waals surface area contributed by atoms with Gasteiger partial charge in [0.05, 0.1) is 12.8 Å². The summed E-state index contributed by atoms with van der Waals surface area (Å²) in [5.74, 6) is 1.60. The Morgan fingerprint density at radius 3 is 3.00 bits per heavy atom. The third-order valence-corrected chi connectivity index (χ3v) is 2.68. The number of rotatable bonds is 7. The predicted octanol–water partition coefficient (Wildman–Crippen LogP) is 3.71. The minimum atomic E-state index is 0.721. The van der Waals surface area contributed by atoms with Crippen molar-refractivity contribution < 1.29 is 4.74 Å². The highest BCUT2D eigenvalue weighted by Gasteiger charge is 1.95. The zero-order chi connectivity index (χ0) is 14.0. The van der Waals surface area contributed by atoms with Crippen LogP contribution in [0.2, 0.25) is 0 Å². The van der Waals surface area contributed by atoms with Gasteiger partial charge in [-0.1, -0.05) is 31.5 Å². The lowest BCUT2D eigenvalue weighted by atomic mass is 10.2. The van der Waals surface area contributed by atoms with Gasteiger partial charge in [0.1, 0.15) is 11.6 Å². The van der Waals surface area contributed by atoms with E-state index in [1.165, 1.54) is 0 Å². The van der Waals surface area contributed by atoms with Crippen LogP contribution >= 0.6 is 0 Å². The summed E-state index contributed by atoms with van der Waals surface area (Å²) in [6, 6.07) is 13.5. The lowest BCUT2D eigenvalue weighted by Crippen LogP contribution is -1.97. The molecule has 0 atom stereocenters. The monoisotopic (exact) mass is 269 g/mol. The van der Waals surface area contributed by atoms with Gasteiger partial charge in [-0.2, -0.15) is 5.10 Å². The van der Waals surface area contributed by atoms with Crippen molar-refractivity contribution in [2.45, 2.75) is 19.8 Å². The molecule has 0 aliphatic carbocycles. The number of hydrogen-bond donors (Lipinski definition) is 1. The molecule has 0 aliphatic heterocycles. The van der Waals surface area contributed by atoms with E-state index in [1.54, 1.807) is 12.4 Å². The van der Waals surface area contributed by atoms with Gasteiger partial charge in [-0.15, -0.1) is 0 Å². The number of benzene rings is 1. The van der Waals surface area contributed by atoms with Crippen LogP contribution in [0.1, 0.15) is 25.3 Å². The molecule has 4 nitrogen and oxygen atoms in total. The Morgan fingerprint density at radius 1 is 1.25 bits per heavy atom. The van der Waals surface area contributed by atoms with Crippen molar-refractivity contribution in [3.63, 3.8) is 0 Å². The number of hydrazone groups is 1. The molecule has 0 saturated heterocycles. The molecule has 0 fully saturated rings. The Hall–Kier alpha value is -2.36. The van der Waals surface area contributed by atoms with Crippen molar-refractivity contribution >= 4 is 12.0 Å². The maximum absolute atomic E-state index is 5.66. The molecule has 0 saturated carbocycles. The van der Waals surface area contributed by atoms with Crippen LogP contribution in [0.25, 0.3) is 0 Å². The molecule has 2 rings (SSSR count). The summed E-state index contributed by atoms with van der Waals surface area (Å²) in [7, 11) is 0. The van der Waals surface area contributed by atoms with Crippen molar-refractivity contribution in [1.82, 2.24) is 4.98 Å². The summed E-state index contributed by atoms with van der Waals surface area (Å²) in [6.07, 6.45) is 5.68. The molecule has 0 spiro atoms. The zero-order valence-electron chi connectivity index (χ0n) is 11.6. The van der Waals surface area contributed by atoms with Gasteiger partial charge in [0, 0.05) is 6.20 Å². The zero-order valence-corrected chi connectivity index (χ0v) is 11.6. The summed E-state index contributed by atoms with van der Waals surface area (Å²) < 4.78 is 5.66. The van der Waals surface area contributed by atoms with Gasteiger partial charge < -0.3 is 4.74 Å². The fraction of sp³-hybridized carbons (Fsp3) is 0.250. The van der Waals surface area contributed by atoms with Crippen LogP contribution in [-0.2, 0) is 0 Å². The number of pyridine rings is 1. The lowest BCUT2D eigenvalue weighted by molar-refractivity contribution is 0.309. The number of hydrogen-bond acceptors (Lipinski definition) is 4. The molecule has 0 aliphatic rings. The fourth-order valence-electron chi connectivity index (χ4n) is 1.62. The Labute approximate surface area is 119 Å². The van der Waals surface area contributed by atoms with Crippen molar-refractivity contribution in [2.75, 3.05) is 12.0 Å². The number of anilines is 1. The predicted molar refractivity (Wildman–Crippen MR) is 82.3 cm³/mol. The van der Waals surface area contributed by atoms with Crippen molar-refractivity contribution in [3.05, 3.63) is 54.2 Å². The molecule has 1 N–H and O–H groups in total. The minimum Gasteiger partial charge on any atom is -0.494 e. The molecule has 1 aromatic heterocycles. The van der Waals surface area contributed by atoms with E-state index in [1.807, 2.05) is 42.5 Å². The second kappa shape index (κ2) is 7.94. The average Bonchev–Trinajstić information content (AvgIpc) is 2.49. The molecule has 0 bridgehead atoms. The van der Waals surface area contributed by atoms with Crippen molar-refractivity contribution in [2.24, 2.45) is 5.10 Å². The molecular formula is C16H19N3O. The van der Waals surface area contributed by atoms with E-state index < -0.39 is 0 Å². The first-order valence-corrected chi connectivity index (χ1v) is 6.81. The SMILES string of the molecule is CCCCOc1cccc(/C=N/Nc2ccccn2)c1. The van der Waals surface area contributed by atoms with Gasteiger partial charge in [-0.3, -0.25) is 5.43 Å². The smallest absolute Gasteiger partial charge is 0.146 e. The number of unbranched alkanes of at least 4 members (excludes halogenated alkanes) is 1. The average molecular weight is 269 g/mol. The first-order chi connectivity index (χ1) is 9.88. The van der Waals surface area contributed by atoms with Gasteiger partial charge >= 0.3 is 0 Å². The topological polar surface area (TPSA) is 46.5 Å². The third-order valence-electron chi connectivity index (χ3n) is 2.68. The summed E-state index contributed by atoms with van der Waals surface area (Å²) in [6.45, 7) is 2.90. The summed E-state index contributed by atoms with van der Waals surface area (Å²) >= 11 is 0. The summed E-state index contributed by atoms with van der Waals surface area (Å²) in [5.41, 5.74) is 3.87. The van der Waals surface area contributed by atoms with Gasteiger partial charge in [0.15, 0.2) is 0 Å². The third kappa shape index (κ3) is 4.72. The second-order valence-corrected chi connectivity index (χ2v) is 4.36. The molecule has 104 valence electrons. The van der Waals surface area contributed by atoms with Crippen molar-refractivity contribution in [3.8, 4) is 5.75 Å². The highest BCUT2D eigenvalue weighted by Crippen LogP contribution is 2.12. The number of nitrogens with zero attached hydrogens (tertiary/aromatic N) is 2. The number of nitrogens with one attached hydrogen (secondary N) is 1. The van der Waals surface area contributed by atoms with Crippen LogP contribution in [0.15, 0.2) is 53.8 Å². The summed E-state index contributed by atoms with van der Waals surface area (Å²) in [4.78, 5) is 4.13. The van der Waals surface area contributed by atoms with Gasteiger partial charge in [0.2, 0.25) is 0 Å². The van der Waals surface area contributed by atoms with Crippen LogP contribution < -0.4 is 10.2 Å². The second-order valence-electron chi connectivity index (χ2n) is 4.36. The number of aromatic nitrogens is 1. The molecule has 0 radical (unpaired) electrons. The quantitative estimate of drug-likeness (QED) is 0.473. The molecule has 4 heteroatoms. The van der Waals surface area contributed by atoms with E-state index in [0.717, 1.165) is 36.6 Å². The van der Waals surface area contributed by atoms with Crippen LogP contribution in [0, 0.1) is 0 Å². The molecule has 2 aromatic rings. The molecule has 0 unspecified atom stereocenters. The standard InChI is InChI=1S/C16H19N3O/c1-2-3-11-20-15-8-6-7-14(12-15)13-18-19-16-9-4-5-10-17-16/h4-10,12-13H,2-3,11H2,1H3,(H,17,19)/b18-13+. The maximum atomic E-state index is 5.66. The van der Waals surface area contributed by atoms with Crippen LogP contribution in [0.4, 0.5) is 5.82 Å². The minimum absolute atomic E-state index is 0.721. The van der Waals surface area contributed by atoms with Gasteiger partial charge in [-0.25, -0.2) is 4.98 Å². The fourth-order valence-corrected chi connectivity index (χ4v) is 1.62. The van der Waals surface area contributed by atoms with Gasteiger partial charge in [0.25, 0.3) is 0 Å². The van der Waals surface area contributed by atoms with Gasteiger partial charge in [-0.05, 0) is 36.2 Å². The first kappa shape index (κ1) is 14.1. The molecule has 20 heavy (non-hydrogen) atoms.